The monoisotopic (exact) mass is 404 g/mol. The summed E-state index contributed by atoms with van der Waals surface area (Å²) in [6, 6.07) is 15.2. The Bertz CT molecular complexity index is 1100. The fourth-order valence-electron chi connectivity index (χ4n) is 3.53. The highest BCUT2D eigenvalue weighted by atomic mass is 16.2. The Balaban J connectivity index is 1.58. The number of carbonyl (C=O) groups is 2. The summed E-state index contributed by atoms with van der Waals surface area (Å²) < 4.78 is 0. The largest absolute Gasteiger partial charge is 0.322 e. The lowest BCUT2D eigenvalue weighted by atomic mass is 9.96. The van der Waals surface area contributed by atoms with Gasteiger partial charge in [-0.15, -0.1) is 10.2 Å². The van der Waals surface area contributed by atoms with Gasteiger partial charge in [-0.2, -0.15) is 4.80 Å². The van der Waals surface area contributed by atoms with Gasteiger partial charge in [-0.1, -0.05) is 50.2 Å². The third-order valence-electron chi connectivity index (χ3n) is 5.32. The Hall–Kier alpha value is -3.55. The molecule has 2 aromatic carbocycles. The van der Waals surface area contributed by atoms with E-state index in [0.29, 0.717) is 23.1 Å². The molecule has 0 aliphatic carbocycles. The molecule has 1 aliphatic rings. The molecule has 0 unspecified atom stereocenters. The molecular weight excluding hydrogens is 380 g/mol. The first-order valence-corrected chi connectivity index (χ1v) is 9.89. The van der Waals surface area contributed by atoms with Crippen molar-refractivity contribution in [2.75, 3.05) is 10.2 Å². The number of fused-ring (bicyclic) bond motifs is 1. The molecule has 1 aromatic heterocycles. The van der Waals surface area contributed by atoms with E-state index in [2.05, 4.69) is 34.6 Å². The van der Waals surface area contributed by atoms with Gasteiger partial charge in [0.05, 0.1) is 11.4 Å². The molecule has 0 saturated heterocycles. The van der Waals surface area contributed by atoms with E-state index in [0.717, 1.165) is 5.56 Å². The molecule has 0 bridgehead atoms. The van der Waals surface area contributed by atoms with Gasteiger partial charge in [-0.3, -0.25) is 14.5 Å². The first-order chi connectivity index (χ1) is 14.3. The van der Waals surface area contributed by atoms with Crippen molar-refractivity contribution in [2.45, 2.75) is 45.7 Å². The van der Waals surface area contributed by atoms with Crippen molar-refractivity contribution in [1.29, 1.82) is 0 Å². The van der Waals surface area contributed by atoms with Crippen molar-refractivity contribution in [3.63, 3.8) is 0 Å². The van der Waals surface area contributed by atoms with Crippen LogP contribution in [0.15, 0.2) is 48.5 Å². The number of rotatable bonds is 4. The molecule has 0 spiro atoms. The second kappa shape index (κ2) is 7.37. The lowest BCUT2D eigenvalue weighted by Crippen LogP contribution is -2.59. The number of aromatic nitrogens is 4. The highest BCUT2D eigenvalue weighted by Crippen LogP contribution is 2.36. The van der Waals surface area contributed by atoms with Gasteiger partial charge in [-0.25, -0.2) is 0 Å². The zero-order valence-electron chi connectivity index (χ0n) is 17.5. The highest BCUT2D eigenvalue weighted by molar-refractivity contribution is 6.14. The van der Waals surface area contributed by atoms with Gasteiger partial charge in [-0.05, 0) is 42.7 Å². The molecule has 0 radical (unpaired) electrons. The number of tetrazole rings is 1. The van der Waals surface area contributed by atoms with Crippen LogP contribution in [0.25, 0.3) is 11.4 Å². The van der Waals surface area contributed by atoms with E-state index in [4.69, 9.17) is 0 Å². The fraction of sp³-hybridized carbons (Fsp3) is 0.318. The van der Waals surface area contributed by atoms with Crippen LogP contribution < -0.4 is 10.2 Å². The molecule has 30 heavy (non-hydrogen) atoms. The van der Waals surface area contributed by atoms with Crippen molar-refractivity contribution >= 4 is 23.2 Å². The number of hydrogen-bond donors (Lipinski definition) is 1. The van der Waals surface area contributed by atoms with E-state index in [9.17, 15) is 9.59 Å². The van der Waals surface area contributed by atoms with E-state index in [1.807, 2.05) is 42.5 Å². The van der Waals surface area contributed by atoms with Crippen molar-refractivity contribution < 1.29 is 9.59 Å². The maximum Gasteiger partial charge on any atom is 0.251 e. The van der Waals surface area contributed by atoms with E-state index >= 15 is 0 Å². The highest BCUT2D eigenvalue weighted by Gasteiger charge is 2.43. The lowest BCUT2D eigenvalue weighted by Gasteiger charge is -2.41. The minimum Gasteiger partial charge on any atom is -0.322 e. The second-order valence-electron chi connectivity index (χ2n) is 8.18. The molecular formula is C22H24N6O2. The number of hydrogen-bond acceptors (Lipinski definition) is 5. The van der Waals surface area contributed by atoms with E-state index in [1.165, 1.54) is 15.3 Å². The summed E-state index contributed by atoms with van der Waals surface area (Å²) in [7, 11) is 0. The first-order valence-electron chi connectivity index (χ1n) is 9.89. The second-order valence-corrected chi connectivity index (χ2v) is 8.18. The summed E-state index contributed by atoms with van der Waals surface area (Å²) >= 11 is 0. The van der Waals surface area contributed by atoms with Crippen molar-refractivity contribution in [1.82, 2.24) is 20.2 Å². The summed E-state index contributed by atoms with van der Waals surface area (Å²) in [4.78, 5) is 28.5. The molecule has 0 atom stereocenters. The Labute approximate surface area is 174 Å². The van der Waals surface area contributed by atoms with Crippen LogP contribution in [-0.2, 0) is 16.1 Å². The summed E-state index contributed by atoms with van der Waals surface area (Å²) in [5, 5.41) is 15.3. The van der Waals surface area contributed by atoms with Crippen LogP contribution in [0, 0.1) is 0 Å². The van der Waals surface area contributed by atoms with E-state index in [-0.39, 0.29) is 18.4 Å². The third kappa shape index (κ3) is 3.45. The van der Waals surface area contributed by atoms with Gasteiger partial charge >= 0.3 is 0 Å². The lowest BCUT2D eigenvalue weighted by molar-refractivity contribution is -0.127. The van der Waals surface area contributed by atoms with Gasteiger partial charge < -0.3 is 5.32 Å². The number of benzene rings is 2. The van der Waals surface area contributed by atoms with Gasteiger partial charge in [0.1, 0.15) is 12.1 Å². The molecule has 3 aromatic rings. The van der Waals surface area contributed by atoms with Crippen LogP contribution in [0.3, 0.4) is 0 Å². The molecule has 1 aliphatic heterocycles. The maximum absolute atomic E-state index is 13.2. The fourth-order valence-corrected chi connectivity index (χ4v) is 3.53. The van der Waals surface area contributed by atoms with Crippen LogP contribution in [0.5, 0.6) is 0 Å². The SMILES string of the molecule is CC(C)c1ccc(-c2nnn(CC(=O)N3c4ccccc4NC(=O)C3(C)C)n2)cc1. The van der Waals surface area contributed by atoms with Crippen LogP contribution in [0.1, 0.15) is 39.2 Å². The van der Waals surface area contributed by atoms with E-state index in [1.54, 1.807) is 19.9 Å². The van der Waals surface area contributed by atoms with Crippen molar-refractivity contribution in [3.05, 3.63) is 54.1 Å². The normalized spacial score (nSPS) is 15.1. The topological polar surface area (TPSA) is 93.0 Å². The third-order valence-corrected chi connectivity index (χ3v) is 5.32. The molecule has 4 rings (SSSR count). The van der Waals surface area contributed by atoms with Gasteiger partial charge in [0.2, 0.25) is 11.7 Å². The number of nitrogens with zero attached hydrogens (tertiary/aromatic N) is 5. The Morgan fingerprint density at radius 3 is 2.50 bits per heavy atom. The first kappa shape index (κ1) is 19.8. The van der Waals surface area contributed by atoms with Crippen LogP contribution >= 0.6 is 0 Å². The molecule has 8 nitrogen and oxygen atoms in total. The number of para-hydroxylation sites is 2. The maximum atomic E-state index is 13.2. The molecule has 1 N–H and O–H groups in total. The Morgan fingerprint density at radius 2 is 1.80 bits per heavy atom. The zero-order valence-corrected chi connectivity index (χ0v) is 17.5. The predicted molar refractivity (Wildman–Crippen MR) is 114 cm³/mol. The summed E-state index contributed by atoms with van der Waals surface area (Å²) in [5.41, 5.74) is 2.28. The molecule has 0 saturated carbocycles. The average molecular weight is 404 g/mol. The number of nitrogens with one attached hydrogen (secondary N) is 1. The van der Waals surface area contributed by atoms with Crippen LogP contribution in [0.4, 0.5) is 11.4 Å². The van der Waals surface area contributed by atoms with Gasteiger partial charge in [0.25, 0.3) is 5.91 Å². The smallest absolute Gasteiger partial charge is 0.251 e. The van der Waals surface area contributed by atoms with Gasteiger partial charge in [0, 0.05) is 5.56 Å². The Morgan fingerprint density at radius 1 is 1.10 bits per heavy atom. The minimum absolute atomic E-state index is 0.123. The minimum atomic E-state index is -1.04. The Kier molecular flexibility index (Phi) is 4.85. The quantitative estimate of drug-likeness (QED) is 0.721. The standard InChI is InChI=1S/C22H24N6O2/c1-14(2)15-9-11-16(12-10-15)20-24-26-27(25-20)13-19(29)28-18-8-6-5-7-17(18)23-21(30)22(28,3)4/h5-12,14H,13H2,1-4H3,(H,23,30). The number of anilines is 2. The number of carbonyl (C=O) groups excluding carboxylic acids is 2. The molecule has 8 heteroatoms. The molecule has 0 fully saturated rings. The summed E-state index contributed by atoms with van der Waals surface area (Å²) in [6.07, 6.45) is 0. The van der Waals surface area contributed by atoms with Crippen molar-refractivity contribution in [2.24, 2.45) is 0 Å². The van der Waals surface area contributed by atoms with Crippen LogP contribution in [0.2, 0.25) is 0 Å². The molecule has 2 heterocycles. The molecule has 2 amide bonds. The predicted octanol–water partition coefficient (Wildman–Crippen LogP) is 3.23. The van der Waals surface area contributed by atoms with Crippen LogP contribution in [-0.4, -0.2) is 37.6 Å². The van der Waals surface area contributed by atoms with E-state index < -0.39 is 5.54 Å². The number of amides is 2. The van der Waals surface area contributed by atoms with Gasteiger partial charge in [0.15, 0.2) is 0 Å². The zero-order chi connectivity index (χ0) is 21.5. The summed E-state index contributed by atoms with van der Waals surface area (Å²) in [5.74, 6) is 0.357. The molecule has 154 valence electrons. The van der Waals surface area contributed by atoms with Crippen molar-refractivity contribution in [3.8, 4) is 11.4 Å². The summed E-state index contributed by atoms with van der Waals surface area (Å²) in [6.45, 7) is 7.58. The average Bonchev–Trinajstić information content (AvgIpc) is 3.17.